The van der Waals surface area contributed by atoms with Crippen molar-refractivity contribution in [1.29, 1.82) is 0 Å². The molecule has 0 radical (unpaired) electrons. The van der Waals surface area contributed by atoms with Crippen LogP contribution in [0.15, 0.2) is 65.7 Å². The van der Waals surface area contributed by atoms with Crippen LogP contribution in [0.5, 0.6) is 0 Å². The standard InChI is InChI=1S/C18H18BrN/c1-4-16(14-8-6-5-7-9-14)13(2)17-12-15(19)10-11-18(17)20-3/h4-12,20H,1H2,2-3H3/b16-13+. The van der Waals surface area contributed by atoms with E-state index in [0.29, 0.717) is 0 Å². The van der Waals surface area contributed by atoms with Gasteiger partial charge in [0.1, 0.15) is 0 Å². The molecule has 0 aliphatic rings. The van der Waals surface area contributed by atoms with Crippen LogP contribution in [0.25, 0.3) is 11.1 Å². The molecule has 2 aromatic carbocycles. The first kappa shape index (κ1) is 14.6. The third kappa shape index (κ3) is 3.02. The summed E-state index contributed by atoms with van der Waals surface area (Å²) in [5.74, 6) is 0. The number of hydrogen-bond acceptors (Lipinski definition) is 1. The average molecular weight is 328 g/mol. The molecule has 2 rings (SSSR count). The molecule has 0 fully saturated rings. The molecule has 0 saturated carbocycles. The molecule has 2 heteroatoms. The largest absolute Gasteiger partial charge is 0.388 e. The first-order valence-electron chi connectivity index (χ1n) is 6.53. The second kappa shape index (κ2) is 6.58. The van der Waals surface area contributed by atoms with E-state index in [4.69, 9.17) is 0 Å². The third-order valence-electron chi connectivity index (χ3n) is 3.35. The minimum Gasteiger partial charge on any atom is -0.388 e. The number of halogens is 1. The molecule has 0 amide bonds. The molecule has 0 aliphatic heterocycles. The molecule has 0 spiro atoms. The Kier molecular flexibility index (Phi) is 4.80. The van der Waals surface area contributed by atoms with Gasteiger partial charge in [0.05, 0.1) is 0 Å². The zero-order valence-electron chi connectivity index (χ0n) is 11.8. The summed E-state index contributed by atoms with van der Waals surface area (Å²) in [6, 6.07) is 16.6. The van der Waals surface area contributed by atoms with Gasteiger partial charge < -0.3 is 5.32 Å². The summed E-state index contributed by atoms with van der Waals surface area (Å²) in [7, 11) is 1.94. The van der Waals surface area contributed by atoms with Crippen LogP contribution in [0.1, 0.15) is 18.1 Å². The minimum atomic E-state index is 1.07. The van der Waals surface area contributed by atoms with Gasteiger partial charge in [0.2, 0.25) is 0 Å². The Morgan fingerprint density at radius 3 is 2.45 bits per heavy atom. The van der Waals surface area contributed by atoms with Gasteiger partial charge in [-0.3, -0.25) is 0 Å². The molecule has 0 aromatic heterocycles. The van der Waals surface area contributed by atoms with Gasteiger partial charge in [0.15, 0.2) is 0 Å². The van der Waals surface area contributed by atoms with Gasteiger partial charge in [-0.15, -0.1) is 0 Å². The summed E-state index contributed by atoms with van der Waals surface area (Å²) in [5.41, 5.74) is 5.83. The monoisotopic (exact) mass is 327 g/mol. The second-order valence-corrected chi connectivity index (χ2v) is 5.46. The minimum absolute atomic E-state index is 1.07. The zero-order valence-corrected chi connectivity index (χ0v) is 13.4. The molecule has 0 aliphatic carbocycles. The molecular formula is C18H18BrN. The van der Waals surface area contributed by atoms with Gasteiger partial charge >= 0.3 is 0 Å². The molecule has 20 heavy (non-hydrogen) atoms. The van der Waals surface area contributed by atoms with Gasteiger partial charge in [-0.1, -0.05) is 58.9 Å². The number of anilines is 1. The van der Waals surface area contributed by atoms with E-state index in [-0.39, 0.29) is 0 Å². The Morgan fingerprint density at radius 1 is 1.15 bits per heavy atom. The summed E-state index contributed by atoms with van der Waals surface area (Å²) in [6.45, 7) is 6.10. The number of nitrogens with one attached hydrogen (secondary N) is 1. The summed E-state index contributed by atoms with van der Waals surface area (Å²) >= 11 is 3.54. The van der Waals surface area contributed by atoms with E-state index in [2.05, 4.69) is 59.0 Å². The molecule has 0 saturated heterocycles. The van der Waals surface area contributed by atoms with Crippen molar-refractivity contribution in [3.05, 3.63) is 76.8 Å². The van der Waals surface area contributed by atoms with Crippen LogP contribution in [0.4, 0.5) is 5.69 Å². The van der Waals surface area contributed by atoms with Crippen molar-refractivity contribution in [3.63, 3.8) is 0 Å². The van der Waals surface area contributed by atoms with Crippen LogP contribution in [0.2, 0.25) is 0 Å². The first-order valence-corrected chi connectivity index (χ1v) is 7.33. The topological polar surface area (TPSA) is 12.0 Å². The van der Waals surface area contributed by atoms with Crippen molar-refractivity contribution in [2.75, 3.05) is 12.4 Å². The molecule has 1 nitrogen and oxygen atoms in total. The van der Waals surface area contributed by atoms with Gasteiger partial charge in [-0.2, -0.15) is 0 Å². The lowest BCUT2D eigenvalue weighted by Gasteiger charge is -2.14. The molecule has 0 heterocycles. The molecule has 0 atom stereocenters. The van der Waals surface area contributed by atoms with Gasteiger partial charge in [0.25, 0.3) is 0 Å². The third-order valence-corrected chi connectivity index (χ3v) is 3.84. The summed E-state index contributed by atoms with van der Waals surface area (Å²) in [5, 5.41) is 3.24. The quantitative estimate of drug-likeness (QED) is 0.568. The highest BCUT2D eigenvalue weighted by Gasteiger charge is 2.09. The van der Waals surface area contributed by atoms with Gasteiger partial charge in [-0.05, 0) is 41.8 Å². The number of allylic oxidation sites excluding steroid dienone is 3. The number of hydrogen-bond donors (Lipinski definition) is 1. The van der Waals surface area contributed by atoms with E-state index in [1.54, 1.807) is 0 Å². The van der Waals surface area contributed by atoms with Crippen molar-refractivity contribution >= 4 is 32.8 Å². The predicted octanol–water partition coefficient (Wildman–Crippen LogP) is 5.61. The molecular weight excluding hydrogens is 310 g/mol. The smallest absolute Gasteiger partial charge is 0.0414 e. The summed E-state index contributed by atoms with van der Waals surface area (Å²) in [6.07, 6.45) is 1.92. The van der Waals surface area contributed by atoms with Crippen molar-refractivity contribution in [2.45, 2.75) is 6.92 Å². The zero-order chi connectivity index (χ0) is 14.5. The molecule has 0 unspecified atom stereocenters. The highest BCUT2D eigenvalue weighted by molar-refractivity contribution is 9.10. The van der Waals surface area contributed by atoms with Crippen LogP contribution in [0.3, 0.4) is 0 Å². The Hall–Kier alpha value is -1.80. The fourth-order valence-corrected chi connectivity index (χ4v) is 2.66. The maximum Gasteiger partial charge on any atom is 0.0414 e. The van der Waals surface area contributed by atoms with Crippen LogP contribution in [-0.2, 0) is 0 Å². The number of rotatable bonds is 4. The van der Waals surface area contributed by atoms with Crippen LogP contribution in [0, 0.1) is 0 Å². The Bertz CT molecular complexity index is 642. The van der Waals surface area contributed by atoms with Gasteiger partial charge in [-0.25, -0.2) is 0 Å². The highest BCUT2D eigenvalue weighted by atomic mass is 79.9. The van der Waals surface area contributed by atoms with E-state index >= 15 is 0 Å². The summed E-state index contributed by atoms with van der Waals surface area (Å²) in [4.78, 5) is 0. The average Bonchev–Trinajstić information content (AvgIpc) is 2.49. The Balaban J connectivity index is 2.63. The van der Waals surface area contributed by atoms with E-state index in [0.717, 1.165) is 15.7 Å². The Morgan fingerprint density at radius 2 is 1.85 bits per heavy atom. The normalized spacial score (nSPS) is 11.8. The van der Waals surface area contributed by atoms with E-state index < -0.39 is 0 Å². The SMILES string of the molecule is C=C/C(=C(/C)c1cc(Br)ccc1NC)c1ccccc1. The van der Waals surface area contributed by atoms with Gasteiger partial charge in [0, 0.05) is 22.8 Å². The van der Waals surface area contributed by atoms with Crippen molar-refractivity contribution in [3.8, 4) is 0 Å². The van der Waals surface area contributed by atoms with Crippen molar-refractivity contribution in [1.82, 2.24) is 0 Å². The highest BCUT2D eigenvalue weighted by Crippen LogP contribution is 2.33. The van der Waals surface area contributed by atoms with Crippen molar-refractivity contribution in [2.24, 2.45) is 0 Å². The fraction of sp³-hybridized carbons (Fsp3) is 0.111. The van der Waals surface area contributed by atoms with Crippen LogP contribution < -0.4 is 5.32 Å². The molecule has 2 aromatic rings. The lowest BCUT2D eigenvalue weighted by Crippen LogP contribution is -1.95. The second-order valence-electron chi connectivity index (χ2n) is 4.55. The van der Waals surface area contributed by atoms with Crippen LogP contribution in [-0.4, -0.2) is 7.05 Å². The molecule has 102 valence electrons. The summed E-state index contributed by atoms with van der Waals surface area (Å²) < 4.78 is 1.07. The van der Waals surface area contributed by atoms with Crippen LogP contribution >= 0.6 is 15.9 Å². The van der Waals surface area contributed by atoms with E-state index in [9.17, 15) is 0 Å². The predicted molar refractivity (Wildman–Crippen MR) is 92.8 cm³/mol. The van der Waals surface area contributed by atoms with E-state index in [1.807, 2.05) is 37.4 Å². The molecule has 1 N–H and O–H groups in total. The lowest BCUT2D eigenvalue weighted by atomic mass is 9.95. The van der Waals surface area contributed by atoms with Crippen molar-refractivity contribution < 1.29 is 0 Å². The van der Waals surface area contributed by atoms with E-state index in [1.165, 1.54) is 16.7 Å². The maximum absolute atomic E-state index is 3.97. The fourth-order valence-electron chi connectivity index (χ4n) is 2.29. The maximum atomic E-state index is 3.97. The Labute approximate surface area is 129 Å². The first-order chi connectivity index (χ1) is 9.67. The number of benzene rings is 2. The lowest BCUT2D eigenvalue weighted by molar-refractivity contribution is 1.45. The molecule has 0 bridgehead atoms.